The van der Waals surface area contributed by atoms with Crippen molar-refractivity contribution in [3.63, 3.8) is 0 Å². The van der Waals surface area contributed by atoms with Crippen molar-refractivity contribution in [2.24, 2.45) is 47.3 Å². The predicted octanol–water partition coefficient (Wildman–Crippen LogP) is 1.88. The molecule has 6 bridgehead atoms. The molecule has 1 N–H and O–H groups in total. The first-order valence-corrected chi connectivity index (χ1v) is 7.19. The Hall–Kier alpha value is -0.0400. The van der Waals surface area contributed by atoms with E-state index in [9.17, 15) is 0 Å². The fourth-order valence-corrected chi connectivity index (χ4v) is 7.37. The number of hydrogen-bond acceptors (Lipinski definition) is 1. The molecule has 80 valence electrons. The lowest BCUT2D eigenvalue weighted by Crippen LogP contribution is -2.36. The summed E-state index contributed by atoms with van der Waals surface area (Å²) in [5.41, 5.74) is 0. The van der Waals surface area contributed by atoms with Gasteiger partial charge in [-0.3, -0.25) is 0 Å². The van der Waals surface area contributed by atoms with Crippen LogP contribution in [0.3, 0.4) is 0 Å². The number of nitrogens with one attached hydrogen (secondary N) is 1. The van der Waals surface area contributed by atoms with Crippen LogP contribution in [0, 0.1) is 47.3 Å². The third-order valence-corrected chi connectivity index (χ3v) is 7.33. The first-order valence-electron chi connectivity index (χ1n) is 7.19. The first-order chi connectivity index (χ1) is 7.43. The van der Waals surface area contributed by atoms with Crippen molar-refractivity contribution >= 4 is 0 Å². The van der Waals surface area contributed by atoms with Gasteiger partial charge in [0.15, 0.2) is 0 Å². The second-order valence-corrected chi connectivity index (χ2v) is 7.40. The molecule has 1 heteroatoms. The van der Waals surface area contributed by atoms with Gasteiger partial charge in [-0.25, -0.2) is 0 Å². The van der Waals surface area contributed by atoms with Gasteiger partial charge >= 0.3 is 0 Å². The van der Waals surface area contributed by atoms with Gasteiger partial charge in [0.2, 0.25) is 0 Å². The molecule has 0 aliphatic heterocycles. The van der Waals surface area contributed by atoms with Crippen molar-refractivity contribution in [3.05, 3.63) is 0 Å². The van der Waals surface area contributed by atoms with Crippen molar-refractivity contribution < 1.29 is 0 Å². The SMILES string of the molecule is C1CC1NC1[C@@H]2[C@@H]3C[C@@H]4[C@@H]5C[C@@H]([C@@H]1[C@H]53)[C@@H]42. The van der Waals surface area contributed by atoms with Gasteiger partial charge in [0.1, 0.15) is 0 Å². The fourth-order valence-electron chi connectivity index (χ4n) is 7.37. The molecule has 0 aromatic carbocycles. The lowest BCUT2D eigenvalue weighted by Gasteiger charge is -2.33. The van der Waals surface area contributed by atoms with Crippen molar-refractivity contribution in [2.75, 3.05) is 0 Å². The third-order valence-electron chi connectivity index (χ3n) is 7.33. The molecular weight excluding hydrogens is 182 g/mol. The van der Waals surface area contributed by atoms with Crippen LogP contribution in [0.4, 0.5) is 0 Å². The van der Waals surface area contributed by atoms with Crippen molar-refractivity contribution in [3.8, 4) is 0 Å². The van der Waals surface area contributed by atoms with Gasteiger partial charge in [-0.05, 0) is 73.0 Å². The van der Waals surface area contributed by atoms with Gasteiger partial charge in [0.25, 0.3) is 0 Å². The molecular formula is C14H19N. The molecule has 0 aromatic rings. The summed E-state index contributed by atoms with van der Waals surface area (Å²) in [4.78, 5) is 0. The van der Waals surface area contributed by atoms with Crippen molar-refractivity contribution in [1.82, 2.24) is 5.32 Å². The molecule has 7 fully saturated rings. The molecule has 9 atom stereocenters. The van der Waals surface area contributed by atoms with E-state index < -0.39 is 0 Å². The second-order valence-electron chi connectivity index (χ2n) is 7.40. The summed E-state index contributed by atoms with van der Waals surface area (Å²) in [6, 6.07) is 1.95. The zero-order valence-corrected chi connectivity index (χ0v) is 9.10. The Bertz CT molecular complexity index is 332. The molecule has 15 heavy (non-hydrogen) atoms. The van der Waals surface area contributed by atoms with E-state index >= 15 is 0 Å². The van der Waals surface area contributed by atoms with Crippen LogP contribution in [-0.2, 0) is 0 Å². The van der Waals surface area contributed by atoms with Crippen molar-refractivity contribution in [1.29, 1.82) is 0 Å². The maximum absolute atomic E-state index is 4.03. The van der Waals surface area contributed by atoms with E-state index in [2.05, 4.69) is 5.32 Å². The minimum Gasteiger partial charge on any atom is -0.311 e. The van der Waals surface area contributed by atoms with Crippen LogP contribution < -0.4 is 5.32 Å². The zero-order chi connectivity index (χ0) is 9.31. The van der Waals surface area contributed by atoms with Crippen LogP contribution in [-0.4, -0.2) is 12.1 Å². The molecule has 0 spiro atoms. The maximum Gasteiger partial charge on any atom is 0.0137 e. The van der Waals surface area contributed by atoms with E-state index in [1.807, 2.05) is 0 Å². The fraction of sp³-hybridized carbons (Fsp3) is 1.00. The molecule has 7 saturated carbocycles. The van der Waals surface area contributed by atoms with Gasteiger partial charge in [-0.15, -0.1) is 0 Å². The van der Waals surface area contributed by atoms with Crippen LogP contribution in [0.2, 0.25) is 0 Å². The summed E-state index contributed by atoms with van der Waals surface area (Å²) in [5.74, 6) is 9.59. The largest absolute Gasteiger partial charge is 0.311 e. The third kappa shape index (κ3) is 0.574. The number of rotatable bonds is 2. The van der Waals surface area contributed by atoms with E-state index in [1.54, 1.807) is 12.8 Å². The average molecular weight is 201 g/mol. The summed E-state index contributed by atoms with van der Waals surface area (Å²) >= 11 is 0. The highest BCUT2D eigenvalue weighted by Crippen LogP contribution is 2.82. The van der Waals surface area contributed by atoms with Crippen LogP contribution >= 0.6 is 0 Å². The molecule has 0 heterocycles. The molecule has 0 amide bonds. The van der Waals surface area contributed by atoms with Gasteiger partial charge in [0, 0.05) is 12.1 Å². The Morgan fingerprint density at radius 2 is 1.27 bits per heavy atom. The smallest absolute Gasteiger partial charge is 0.0137 e. The topological polar surface area (TPSA) is 12.0 Å². The molecule has 1 nitrogen and oxygen atoms in total. The van der Waals surface area contributed by atoms with Crippen LogP contribution in [0.1, 0.15) is 25.7 Å². The minimum absolute atomic E-state index is 0.949. The van der Waals surface area contributed by atoms with E-state index in [1.165, 1.54) is 48.3 Å². The van der Waals surface area contributed by atoms with Gasteiger partial charge < -0.3 is 5.32 Å². The summed E-state index contributed by atoms with van der Waals surface area (Å²) in [7, 11) is 0. The van der Waals surface area contributed by atoms with Gasteiger partial charge in [-0.1, -0.05) is 0 Å². The van der Waals surface area contributed by atoms with E-state index in [4.69, 9.17) is 0 Å². The molecule has 0 radical (unpaired) electrons. The highest BCUT2D eigenvalue weighted by Gasteiger charge is 2.80. The van der Waals surface area contributed by atoms with E-state index in [-0.39, 0.29) is 0 Å². The van der Waals surface area contributed by atoms with Crippen LogP contribution in [0.15, 0.2) is 0 Å². The monoisotopic (exact) mass is 201 g/mol. The lowest BCUT2D eigenvalue weighted by atomic mass is 9.71. The summed E-state index contributed by atoms with van der Waals surface area (Å²) < 4.78 is 0. The normalized spacial score (nSPS) is 75.6. The maximum atomic E-state index is 4.03. The zero-order valence-electron chi connectivity index (χ0n) is 9.10. The highest BCUT2D eigenvalue weighted by molar-refractivity contribution is 5.29. The molecule has 7 aliphatic carbocycles. The van der Waals surface area contributed by atoms with Crippen molar-refractivity contribution in [2.45, 2.75) is 37.8 Å². The summed E-state index contributed by atoms with van der Waals surface area (Å²) in [5, 5.41) is 4.03. The Labute approximate surface area is 91.0 Å². The highest BCUT2D eigenvalue weighted by atomic mass is 15.1. The van der Waals surface area contributed by atoms with Gasteiger partial charge in [0.05, 0.1) is 0 Å². The first kappa shape index (κ1) is 7.32. The second kappa shape index (κ2) is 1.92. The Kier molecular flexibility index (Phi) is 0.936. The Morgan fingerprint density at radius 1 is 0.667 bits per heavy atom. The Balaban J connectivity index is 1.50. The van der Waals surface area contributed by atoms with Crippen LogP contribution in [0.25, 0.3) is 0 Å². The molecule has 7 rings (SSSR count). The quantitative estimate of drug-likeness (QED) is 0.719. The van der Waals surface area contributed by atoms with Crippen LogP contribution in [0.5, 0.6) is 0 Å². The minimum atomic E-state index is 0.949. The predicted molar refractivity (Wildman–Crippen MR) is 57.1 cm³/mol. The summed E-state index contributed by atoms with van der Waals surface area (Å²) in [6.45, 7) is 0. The molecule has 0 aromatic heterocycles. The molecule has 7 aliphatic rings. The summed E-state index contributed by atoms with van der Waals surface area (Å²) in [6.07, 6.45) is 6.27. The van der Waals surface area contributed by atoms with E-state index in [0.717, 1.165) is 23.9 Å². The lowest BCUT2D eigenvalue weighted by molar-refractivity contribution is 0.132. The number of hydrogen-bond donors (Lipinski definition) is 1. The van der Waals surface area contributed by atoms with Gasteiger partial charge in [-0.2, -0.15) is 0 Å². The Morgan fingerprint density at radius 3 is 1.80 bits per heavy atom. The van der Waals surface area contributed by atoms with E-state index in [0.29, 0.717) is 0 Å². The average Bonchev–Trinajstić information content (AvgIpc) is 2.56. The molecule has 0 saturated heterocycles. The molecule has 1 unspecified atom stereocenters. The standard InChI is InChI=1S/C14H19N/c1-2-5(1)15-14-12-8-3-6-7-4-9(10(6)12)13(14)11(7)8/h5-15H,1-4H2/t6-,7+,8-,9-,10-,11-,12-,13-,14?/m1/s1.